The molecule has 0 amide bonds. The van der Waals surface area contributed by atoms with Crippen molar-refractivity contribution in [2.75, 3.05) is 11.5 Å². The molecule has 5 N–H and O–H groups in total. The minimum Gasteiger partial charge on any atom is -0.478 e. The van der Waals surface area contributed by atoms with E-state index in [-0.39, 0.29) is 28.6 Å². The van der Waals surface area contributed by atoms with Crippen LogP contribution in [0.2, 0.25) is 0 Å². The highest BCUT2D eigenvalue weighted by Gasteiger charge is 2.15. The van der Waals surface area contributed by atoms with Crippen LogP contribution >= 0.6 is 15.9 Å². The predicted molar refractivity (Wildman–Crippen MR) is 75.7 cm³/mol. The van der Waals surface area contributed by atoms with E-state index < -0.39 is 5.97 Å². The lowest BCUT2D eigenvalue weighted by atomic mass is 10.1. The van der Waals surface area contributed by atoms with E-state index in [1.807, 2.05) is 6.07 Å². The number of nitrogens with zero attached hydrogens (tertiary/aromatic N) is 3. The molecular weight excluding hydrogens is 326 g/mol. The minimum atomic E-state index is -1.06. The van der Waals surface area contributed by atoms with Gasteiger partial charge in [-0.3, -0.25) is 0 Å². The van der Waals surface area contributed by atoms with Crippen molar-refractivity contribution in [1.29, 1.82) is 5.26 Å². The molecule has 0 fully saturated rings. The van der Waals surface area contributed by atoms with Crippen LogP contribution in [0.15, 0.2) is 22.7 Å². The number of anilines is 2. The maximum atomic E-state index is 11.0. The number of hydrogen-bond acceptors (Lipinski definition) is 6. The van der Waals surface area contributed by atoms with Crippen LogP contribution in [0.1, 0.15) is 15.9 Å². The first kappa shape index (κ1) is 13.8. The summed E-state index contributed by atoms with van der Waals surface area (Å²) in [5, 5.41) is 18.1. The van der Waals surface area contributed by atoms with Gasteiger partial charge < -0.3 is 16.6 Å². The third-order valence-electron chi connectivity index (χ3n) is 2.54. The molecule has 100 valence electrons. The quantitative estimate of drug-likeness (QED) is 0.758. The molecule has 7 nitrogen and oxygen atoms in total. The lowest BCUT2D eigenvalue weighted by Gasteiger charge is -2.08. The molecule has 0 aliphatic heterocycles. The Labute approximate surface area is 122 Å². The zero-order chi connectivity index (χ0) is 14.9. The second-order valence-corrected chi connectivity index (χ2v) is 4.66. The number of aromatic carboxylic acids is 1. The Morgan fingerprint density at radius 2 is 2.05 bits per heavy atom. The fraction of sp³-hybridized carbons (Fsp3) is 0. The van der Waals surface area contributed by atoms with E-state index in [1.54, 1.807) is 0 Å². The number of nitrogen functional groups attached to an aromatic ring is 2. The Morgan fingerprint density at radius 3 is 2.60 bits per heavy atom. The van der Waals surface area contributed by atoms with E-state index >= 15 is 0 Å². The average molecular weight is 334 g/mol. The molecule has 2 aromatic rings. The van der Waals surface area contributed by atoms with Crippen LogP contribution in [0.25, 0.3) is 11.3 Å². The summed E-state index contributed by atoms with van der Waals surface area (Å²) in [6.07, 6.45) is 0. The Morgan fingerprint density at radius 1 is 1.35 bits per heavy atom. The van der Waals surface area contributed by atoms with Crippen molar-refractivity contribution in [1.82, 2.24) is 9.97 Å². The lowest BCUT2D eigenvalue weighted by Crippen LogP contribution is -2.05. The largest absolute Gasteiger partial charge is 0.478 e. The second-order valence-electron chi connectivity index (χ2n) is 3.80. The maximum absolute atomic E-state index is 11.0. The SMILES string of the molecule is N#Cc1c(N)nc(N)nc1-c1ccc(C(=O)O)c(Br)c1. The molecule has 0 unspecified atom stereocenters. The highest BCUT2D eigenvalue weighted by atomic mass is 79.9. The van der Waals surface area contributed by atoms with Crippen LogP contribution in [-0.4, -0.2) is 21.0 Å². The van der Waals surface area contributed by atoms with E-state index in [4.69, 9.17) is 21.8 Å². The van der Waals surface area contributed by atoms with Crippen molar-refractivity contribution in [3.05, 3.63) is 33.8 Å². The van der Waals surface area contributed by atoms with Crippen LogP contribution in [0.3, 0.4) is 0 Å². The van der Waals surface area contributed by atoms with E-state index in [2.05, 4.69) is 25.9 Å². The fourth-order valence-electron chi connectivity index (χ4n) is 1.65. The van der Waals surface area contributed by atoms with E-state index in [0.29, 0.717) is 10.0 Å². The van der Waals surface area contributed by atoms with Crippen LogP contribution in [0.5, 0.6) is 0 Å². The Balaban J connectivity index is 2.67. The number of nitrogens with two attached hydrogens (primary N) is 2. The zero-order valence-corrected chi connectivity index (χ0v) is 11.5. The van der Waals surface area contributed by atoms with Gasteiger partial charge in [-0.2, -0.15) is 10.2 Å². The van der Waals surface area contributed by atoms with Gasteiger partial charge in [0.25, 0.3) is 0 Å². The van der Waals surface area contributed by atoms with Gasteiger partial charge in [0.15, 0.2) is 0 Å². The molecule has 1 aromatic carbocycles. The van der Waals surface area contributed by atoms with Crippen LogP contribution in [0.4, 0.5) is 11.8 Å². The van der Waals surface area contributed by atoms with Crippen molar-refractivity contribution < 1.29 is 9.90 Å². The summed E-state index contributed by atoms with van der Waals surface area (Å²) in [7, 11) is 0. The standard InChI is InChI=1S/C12H8BrN5O2/c13-8-3-5(1-2-6(8)11(19)20)9-7(4-14)10(15)18-12(16)17-9/h1-3H,(H,19,20)(H4,15,16,17,18). The number of carbonyl (C=O) groups is 1. The van der Waals surface area contributed by atoms with Gasteiger partial charge in [-0.1, -0.05) is 6.07 Å². The third kappa shape index (κ3) is 2.39. The van der Waals surface area contributed by atoms with Crippen LogP contribution in [0, 0.1) is 11.3 Å². The molecule has 0 spiro atoms. The van der Waals surface area contributed by atoms with Crippen molar-refractivity contribution in [3.8, 4) is 17.3 Å². The van der Waals surface area contributed by atoms with Gasteiger partial charge in [0, 0.05) is 10.0 Å². The molecular formula is C12H8BrN5O2. The molecule has 0 radical (unpaired) electrons. The third-order valence-corrected chi connectivity index (χ3v) is 3.20. The normalized spacial score (nSPS) is 10.0. The van der Waals surface area contributed by atoms with Gasteiger partial charge in [-0.05, 0) is 28.1 Å². The van der Waals surface area contributed by atoms with Crippen molar-refractivity contribution in [3.63, 3.8) is 0 Å². The summed E-state index contributed by atoms with van der Waals surface area (Å²) in [4.78, 5) is 18.7. The van der Waals surface area contributed by atoms with Crippen molar-refractivity contribution >= 4 is 33.7 Å². The molecule has 2 rings (SSSR count). The number of halogens is 1. The first-order chi connectivity index (χ1) is 9.43. The molecule has 1 aromatic heterocycles. The highest BCUT2D eigenvalue weighted by molar-refractivity contribution is 9.10. The van der Waals surface area contributed by atoms with Gasteiger partial charge in [0.2, 0.25) is 5.95 Å². The molecule has 0 atom stereocenters. The number of carboxylic acid groups (broad SMARTS) is 1. The molecule has 0 aliphatic rings. The van der Waals surface area contributed by atoms with Crippen molar-refractivity contribution in [2.24, 2.45) is 0 Å². The second kappa shape index (κ2) is 5.14. The monoisotopic (exact) mass is 333 g/mol. The van der Waals surface area contributed by atoms with Crippen LogP contribution < -0.4 is 11.5 Å². The summed E-state index contributed by atoms with van der Waals surface area (Å²) in [6, 6.07) is 6.37. The maximum Gasteiger partial charge on any atom is 0.336 e. The Hall–Kier alpha value is -2.66. The van der Waals surface area contributed by atoms with Gasteiger partial charge in [0.05, 0.1) is 11.3 Å². The van der Waals surface area contributed by atoms with Gasteiger partial charge in [0.1, 0.15) is 17.5 Å². The topological polar surface area (TPSA) is 139 Å². The summed E-state index contributed by atoms with van der Waals surface area (Å²) < 4.78 is 0.363. The minimum absolute atomic E-state index is 0.0200. The molecule has 0 saturated carbocycles. The Kier molecular flexibility index (Phi) is 3.54. The Bertz CT molecular complexity index is 754. The van der Waals surface area contributed by atoms with E-state index in [9.17, 15) is 4.79 Å². The zero-order valence-electron chi connectivity index (χ0n) is 9.96. The average Bonchev–Trinajstić information content (AvgIpc) is 2.37. The summed E-state index contributed by atoms with van der Waals surface area (Å²) in [6.45, 7) is 0. The van der Waals surface area contributed by atoms with Crippen LogP contribution in [-0.2, 0) is 0 Å². The molecule has 20 heavy (non-hydrogen) atoms. The van der Waals surface area contributed by atoms with E-state index in [0.717, 1.165) is 0 Å². The summed E-state index contributed by atoms with van der Waals surface area (Å²) in [5.41, 5.74) is 12.1. The molecule has 0 aliphatic carbocycles. The number of hydrogen-bond donors (Lipinski definition) is 3. The number of aromatic nitrogens is 2. The first-order valence-electron chi connectivity index (χ1n) is 5.30. The van der Waals surface area contributed by atoms with Crippen molar-refractivity contribution in [2.45, 2.75) is 0 Å². The fourth-order valence-corrected chi connectivity index (χ4v) is 2.20. The summed E-state index contributed by atoms with van der Waals surface area (Å²) >= 11 is 3.16. The van der Waals surface area contributed by atoms with Gasteiger partial charge in [-0.25, -0.2) is 9.78 Å². The number of nitriles is 1. The molecule has 0 bridgehead atoms. The predicted octanol–water partition coefficient (Wildman–Crippen LogP) is 1.64. The molecule has 1 heterocycles. The first-order valence-corrected chi connectivity index (χ1v) is 6.09. The lowest BCUT2D eigenvalue weighted by molar-refractivity contribution is 0.0696. The molecule has 0 saturated heterocycles. The smallest absolute Gasteiger partial charge is 0.336 e. The number of carboxylic acids is 1. The number of rotatable bonds is 2. The summed E-state index contributed by atoms with van der Waals surface area (Å²) in [5.74, 6) is -1.14. The van der Waals surface area contributed by atoms with Gasteiger partial charge >= 0.3 is 5.97 Å². The van der Waals surface area contributed by atoms with Gasteiger partial charge in [-0.15, -0.1) is 0 Å². The highest BCUT2D eigenvalue weighted by Crippen LogP contribution is 2.29. The molecule has 8 heteroatoms. The number of benzene rings is 1. The van der Waals surface area contributed by atoms with E-state index in [1.165, 1.54) is 18.2 Å².